The van der Waals surface area contributed by atoms with Crippen LogP contribution in [0.2, 0.25) is 0 Å². The van der Waals surface area contributed by atoms with Crippen LogP contribution < -0.4 is 0 Å². The quantitative estimate of drug-likeness (QED) is 0.295. The lowest BCUT2D eigenvalue weighted by atomic mass is 10.0. The molecule has 0 spiro atoms. The summed E-state index contributed by atoms with van der Waals surface area (Å²) in [6.45, 7) is 0. The number of pyridine rings is 1. The van der Waals surface area contributed by atoms with Gasteiger partial charge in [0.1, 0.15) is 0 Å². The Hall–Kier alpha value is -4.22. The van der Waals surface area contributed by atoms with Gasteiger partial charge in [-0.25, -0.2) is 13.4 Å². The van der Waals surface area contributed by atoms with Gasteiger partial charge in [-0.05, 0) is 48.5 Å². The van der Waals surface area contributed by atoms with E-state index < -0.39 is 9.84 Å². The Labute approximate surface area is 196 Å². The van der Waals surface area contributed by atoms with Crippen LogP contribution in [-0.4, -0.2) is 17.8 Å². The Morgan fingerprint density at radius 1 is 0.588 bits per heavy atom. The van der Waals surface area contributed by atoms with Gasteiger partial charge < -0.3 is 4.40 Å². The van der Waals surface area contributed by atoms with Crippen molar-refractivity contribution >= 4 is 47.9 Å². The first-order valence-electron chi connectivity index (χ1n) is 11.1. The average Bonchev–Trinajstić information content (AvgIpc) is 3.41. The Kier molecular flexibility index (Phi) is 3.90. The first-order chi connectivity index (χ1) is 16.6. The van der Waals surface area contributed by atoms with Crippen molar-refractivity contribution in [2.45, 2.75) is 9.92 Å². The molecule has 0 fully saturated rings. The fraction of sp³-hybridized carbons (Fsp3) is 0. The average molecular weight is 459 g/mol. The van der Waals surface area contributed by atoms with Crippen LogP contribution in [0.25, 0.3) is 49.4 Å². The molecule has 0 radical (unpaired) electrons. The number of para-hydroxylation sites is 2. The van der Waals surface area contributed by atoms with E-state index >= 15 is 0 Å². The summed E-state index contributed by atoms with van der Waals surface area (Å²) in [7, 11) is -3.71. The SMILES string of the molecule is O=S(=O)(c1ccccc1)c1cccc(-c2cc3c4ccccc4n4c5ccccc5c(c2)c34)n1. The summed E-state index contributed by atoms with van der Waals surface area (Å²) >= 11 is 0. The number of nitrogens with zero attached hydrogens (tertiary/aromatic N) is 2. The predicted octanol–water partition coefficient (Wildman–Crippen LogP) is 6.73. The molecule has 0 aliphatic rings. The van der Waals surface area contributed by atoms with Gasteiger partial charge in [-0.15, -0.1) is 0 Å². The van der Waals surface area contributed by atoms with E-state index in [1.165, 1.54) is 16.3 Å². The van der Waals surface area contributed by atoms with Gasteiger partial charge in [0.25, 0.3) is 0 Å². The molecule has 7 rings (SSSR count). The van der Waals surface area contributed by atoms with Crippen LogP contribution in [0.1, 0.15) is 0 Å². The summed E-state index contributed by atoms with van der Waals surface area (Å²) < 4.78 is 28.7. The van der Waals surface area contributed by atoms with Crippen LogP contribution in [0, 0.1) is 0 Å². The molecule has 0 aliphatic carbocycles. The molecule has 0 aliphatic heterocycles. The zero-order chi connectivity index (χ0) is 22.9. The van der Waals surface area contributed by atoms with E-state index in [0.29, 0.717) is 5.69 Å². The monoisotopic (exact) mass is 458 g/mol. The molecule has 34 heavy (non-hydrogen) atoms. The van der Waals surface area contributed by atoms with Crippen molar-refractivity contribution in [3.8, 4) is 11.3 Å². The van der Waals surface area contributed by atoms with E-state index in [1.807, 2.05) is 6.07 Å². The maximum atomic E-state index is 13.2. The van der Waals surface area contributed by atoms with E-state index in [4.69, 9.17) is 0 Å². The van der Waals surface area contributed by atoms with Gasteiger partial charge in [0, 0.05) is 27.1 Å². The third-order valence-corrected chi connectivity index (χ3v) is 8.22. The van der Waals surface area contributed by atoms with Gasteiger partial charge in [0.2, 0.25) is 9.84 Å². The fourth-order valence-electron chi connectivity index (χ4n) is 5.04. The number of fused-ring (bicyclic) bond motifs is 6. The lowest BCUT2D eigenvalue weighted by Crippen LogP contribution is -2.04. The highest BCUT2D eigenvalue weighted by Crippen LogP contribution is 2.41. The molecule has 162 valence electrons. The summed E-state index contributed by atoms with van der Waals surface area (Å²) in [6.07, 6.45) is 0. The lowest BCUT2D eigenvalue weighted by molar-refractivity contribution is 0.592. The molecule has 0 saturated carbocycles. The van der Waals surface area contributed by atoms with Crippen LogP contribution in [0.15, 0.2) is 119 Å². The second kappa shape index (κ2) is 6.89. The Bertz CT molecular complexity index is 1890. The van der Waals surface area contributed by atoms with E-state index in [0.717, 1.165) is 27.4 Å². The summed E-state index contributed by atoms with van der Waals surface area (Å²) in [5, 5.41) is 4.66. The molecule has 7 aromatic rings. The summed E-state index contributed by atoms with van der Waals surface area (Å²) in [4.78, 5) is 4.86. The summed E-state index contributed by atoms with van der Waals surface area (Å²) in [5.74, 6) is 0. The predicted molar refractivity (Wildman–Crippen MR) is 136 cm³/mol. The fourth-order valence-corrected chi connectivity index (χ4v) is 6.28. The third-order valence-electron chi connectivity index (χ3n) is 6.55. The number of rotatable bonds is 3. The molecular formula is C29H18N2O2S. The van der Waals surface area contributed by atoms with Gasteiger partial charge in [-0.3, -0.25) is 0 Å². The Morgan fingerprint density at radius 2 is 1.18 bits per heavy atom. The molecule has 3 aromatic heterocycles. The molecule has 0 atom stereocenters. The first kappa shape index (κ1) is 19.3. The molecule has 3 heterocycles. The van der Waals surface area contributed by atoms with E-state index in [-0.39, 0.29) is 9.92 Å². The molecular weight excluding hydrogens is 440 g/mol. The molecule has 0 N–H and O–H groups in total. The minimum Gasteiger partial charge on any atom is -0.308 e. The third kappa shape index (κ3) is 2.59. The van der Waals surface area contributed by atoms with Crippen molar-refractivity contribution in [1.82, 2.24) is 9.38 Å². The highest BCUT2D eigenvalue weighted by molar-refractivity contribution is 7.91. The number of aromatic nitrogens is 2. The van der Waals surface area contributed by atoms with Crippen molar-refractivity contribution in [3.05, 3.63) is 109 Å². The zero-order valence-corrected chi connectivity index (χ0v) is 18.8. The van der Waals surface area contributed by atoms with Crippen molar-refractivity contribution in [2.24, 2.45) is 0 Å². The smallest absolute Gasteiger partial charge is 0.223 e. The maximum absolute atomic E-state index is 13.2. The van der Waals surface area contributed by atoms with Crippen LogP contribution >= 0.6 is 0 Å². The minimum absolute atomic E-state index is 0.0514. The van der Waals surface area contributed by atoms with E-state index in [1.54, 1.807) is 42.5 Å². The largest absolute Gasteiger partial charge is 0.308 e. The van der Waals surface area contributed by atoms with Gasteiger partial charge in [0.05, 0.1) is 27.1 Å². The number of hydrogen-bond donors (Lipinski definition) is 0. The maximum Gasteiger partial charge on any atom is 0.223 e. The number of benzene rings is 4. The molecule has 4 aromatic carbocycles. The van der Waals surface area contributed by atoms with Crippen molar-refractivity contribution in [1.29, 1.82) is 0 Å². The number of hydrogen-bond acceptors (Lipinski definition) is 3. The molecule has 0 unspecified atom stereocenters. The molecule has 0 saturated heterocycles. The highest BCUT2D eigenvalue weighted by atomic mass is 32.2. The van der Waals surface area contributed by atoms with E-state index in [2.05, 4.69) is 70.0 Å². The van der Waals surface area contributed by atoms with Crippen LogP contribution in [0.5, 0.6) is 0 Å². The molecule has 5 heteroatoms. The standard InChI is InChI=1S/C29H18N2O2S/c32-34(33,20-9-2-1-3-10-20)28-16-8-13-25(30-28)19-17-23-21-11-4-6-14-26(21)31-27-15-7-5-12-22(27)24(18-19)29(23)31/h1-18H. The van der Waals surface area contributed by atoms with Gasteiger partial charge >= 0.3 is 0 Å². The summed E-state index contributed by atoms with van der Waals surface area (Å²) in [5.41, 5.74) is 5.03. The van der Waals surface area contributed by atoms with Gasteiger partial charge in [0.15, 0.2) is 5.03 Å². The Balaban J connectivity index is 1.53. The first-order valence-corrected chi connectivity index (χ1v) is 12.6. The Morgan fingerprint density at radius 3 is 1.82 bits per heavy atom. The minimum atomic E-state index is -3.71. The van der Waals surface area contributed by atoms with Crippen LogP contribution in [0.3, 0.4) is 0 Å². The van der Waals surface area contributed by atoms with Crippen LogP contribution in [0.4, 0.5) is 0 Å². The normalized spacial score (nSPS) is 12.4. The second-order valence-corrected chi connectivity index (χ2v) is 10.4. The van der Waals surface area contributed by atoms with Crippen LogP contribution in [-0.2, 0) is 9.84 Å². The summed E-state index contributed by atoms with van der Waals surface area (Å²) in [6, 6.07) is 34.7. The highest BCUT2D eigenvalue weighted by Gasteiger charge is 2.21. The van der Waals surface area contributed by atoms with Crippen molar-refractivity contribution in [2.75, 3.05) is 0 Å². The van der Waals surface area contributed by atoms with Gasteiger partial charge in [-0.2, -0.15) is 0 Å². The molecule has 0 amide bonds. The lowest BCUT2D eigenvalue weighted by Gasteiger charge is -2.07. The zero-order valence-electron chi connectivity index (χ0n) is 18.0. The number of sulfone groups is 1. The van der Waals surface area contributed by atoms with Gasteiger partial charge in [-0.1, -0.05) is 60.7 Å². The molecule has 4 nitrogen and oxygen atoms in total. The topological polar surface area (TPSA) is 51.4 Å². The van der Waals surface area contributed by atoms with Crippen molar-refractivity contribution in [3.63, 3.8) is 0 Å². The molecule has 0 bridgehead atoms. The second-order valence-electron chi connectivity index (χ2n) is 8.47. The van der Waals surface area contributed by atoms with E-state index in [9.17, 15) is 8.42 Å². The van der Waals surface area contributed by atoms with Crippen molar-refractivity contribution < 1.29 is 8.42 Å².